The molecule has 0 unspecified atom stereocenters. The molecule has 0 aliphatic carbocycles. The van der Waals surface area contributed by atoms with Crippen LogP contribution in [0.15, 0.2) is 72.8 Å². The van der Waals surface area contributed by atoms with Gasteiger partial charge in [-0.25, -0.2) is 0 Å². The third-order valence-electron chi connectivity index (χ3n) is 5.75. The first-order chi connectivity index (χ1) is 13.3. The van der Waals surface area contributed by atoms with E-state index in [1.807, 2.05) is 0 Å². The first-order valence-corrected chi connectivity index (χ1v) is 10.1. The zero-order valence-corrected chi connectivity index (χ0v) is 16.5. The summed E-state index contributed by atoms with van der Waals surface area (Å²) in [5.74, 6) is 0.283. The molecule has 0 bridgehead atoms. The van der Waals surface area contributed by atoms with Crippen LogP contribution in [0.2, 0.25) is 0 Å². The van der Waals surface area contributed by atoms with E-state index in [0.29, 0.717) is 0 Å². The predicted molar refractivity (Wildman–Crippen MR) is 117 cm³/mol. The van der Waals surface area contributed by atoms with Crippen molar-refractivity contribution in [1.82, 2.24) is 0 Å². The lowest BCUT2D eigenvalue weighted by atomic mass is 9.80. The summed E-state index contributed by atoms with van der Waals surface area (Å²) in [6.45, 7) is 9.70. The molecule has 0 spiro atoms. The SMILES string of the molecule is CCN(CC)c1ccc(C2c3ccccc3N(CC)c3ccccc32)cc1. The normalized spacial score (nSPS) is 13.2. The molecule has 138 valence electrons. The van der Waals surface area contributed by atoms with E-state index in [-0.39, 0.29) is 5.92 Å². The van der Waals surface area contributed by atoms with Crippen LogP contribution in [0.1, 0.15) is 43.4 Å². The van der Waals surface area contributed by atoms with E-state index in [9.17, 15) is 0 Å². The first-order valence-electron chi connectivity index (χ1n) is 10.1. The van der Waals surface area contributed by atoms with Crippen molar-refractivity contribution in [2.45, 2.75) is 26.7 Å². The van der Waals surface area contributed by atoms with Crippen LogP contribution in [0, 0.1) is 0 Å². The smallest absolute Gasteiger partial charge is 0.0452 e. The van der Waals surface area contributed by atoms with Crippen molar-refractivity contribution < 1.29 is 0 Å². The monoisotopic (exact) mass is 356 g/mol. The fourth-order valence-corrected chi connectivity index (χ4v) is 4.42. The molecule has 27 heavy (non-hydrogen) atoms. The van der Waals surface area contributed by atoms with E-state index in [4.69, 9.17) is 0 Å². The largest absolute Gasteiger partial charge is 0.372 e. The van der Waals surface area contributed by atoms with Gasteiger partial charge >= 0.3 is 0 Å². The van der Waals surface area contributed by atoms with Gasteiger partial charge in [0.1, 0.15) is 0 Å². The molecule has 2 nitrogen and oxygen atoms in total. The predicted octanol–water partition coefficient (Wildman–Crippen LogP) is 6.18. The minimum absolute atomic E-state index is 0.283. The Hall–Kier alpha value is -2.74. The molecular weight excluding hydrogens is 328 g/mol. The van der Waals surface area contributed by atoms with Crippen LogP contribution in [-0.2, 0) is 0 Å². The molecule has 0 atom stereocenters. The van der Waals surface area contributed by atoms with Crippen LogP contribution in [0.25, 0.3) is 0 Å². The van der Waals surface area contributed by atoms with Gasteiger partial charge in [0.2, 0.25) is 0 Å². The summed E-state index contributed by atoms with van der Waals surface area (Å²) >= 11 is 0. The number of anilines is 3. The Bertz CT molecular complexity index is 862. The van der Waals surface area contributed by atoms with E-state index in [1.165, 1.54) is 33.8 Å². The topological polar surface area (TPSA) is 6.48 Å². The summed E-state index contributed by atoms with van der Waals surface area (Å²) in [7, 11) is 0. The number of hydrogen-bond donors (Lipinski definition) is 0. The molecule has 3 aromatic rings. The van der Waals surface area contributed by atoms with Crippen molar-refractivity contribution in [2.24, 2.45) is 0 Å². The summed E-state index contributed by atoms with van der Waals surface area (Å²) in [5, 5.41) is 0. The number of nitrogens with zero attached hydrogens (tertiary/aromatic N) is 2. The standard InChI is InChI=1S/C25H28N2/c1-4-26(5-2)20-17-15-19(16-18-20)25-21-11-7-9-13-23(21)27(6-3)24-14-10-8-12-22(24)25/h7-18,25H,4-6H2,1-3H3. The second-order valence-electron chi connectivity index (χ2n) is 7.06. The minimum atomic E-state index is 0.283. The van der Waals surface area contributed by atoms with Gasteiger partial charge in [-0.1, -0.05) is 48.5 Å². The summed E-state index contributed by atoms with van der Waals surface area (Å²) in [4.78, 5) is 4.83. The van der Waals surface area contributed by atoms with E-state index < -0.39 is 0 Å². The van der Waals surface area contributed by atoms with Gasteiger partial charge in [0.15, 0.2) is 0 Å². The van der Waals surface area contributed by atoms with Crippen LogP contribution in [0.5, 0.6) is 0 Å². The summed E-state index contributed by atoms with van der Waals surface area (Å²) in [5.41, 5.74) is 8.12. The fraction of sp³-hybridized carbons (Fsp3) is 0.280. The molecule has 0 N–H and O–H groups in total. The van der Waals surface area contributed by atoms with Crippen LogP contribution in [0.4, 0.5) is 17.1 Å². The quantitative estimate of drug-likeness (QED) is 0.538. The Morgan fingerprint density at radius 1 is 0.704 bits per heavy atom. The van der Waals surface area contributed by atoms with Gasteiger partial charge in [0, 0.05) is 42.6 Å². The van der Waals surface area contributed by atoms with Gasteiger partial charge in [-0.3, -0.25) is 0 Å². The van der Waals surface area contributed by atoms with Gasteiger partial charge in [-0.15, -0.1) is 0 Å². The molecule has 4 rings (SSSR count). The Morgan fingerprint density at radius 3 is 1.70 bits per heavy atom. The third kappa shape index (κ3) is 2.99. The van der Waals surface area contributed by atoms with E-state index in [0.717, 1.165) is 19.6 Å². The molecule has 0 amide bonds. The zero-order valence-electron chi connectivity index (χ0n) is 16.5. The molecular formula is C25H28N2. The number of fused-ring (bicyclic) bond motifs is 2. The Kier molecular flexibility index (Phi) is 4.89. The molecule has 0 saturated carbocycles. The second-order valence-corrected chi connectivity index (χ2v) is 7.06. The summed E-state index contributed by atoms with van der Waals surface area (Å²) in [6, 6.07) is 26.9. The average Bonchev–Trinajstić information content (AvgIpc) is 2.73. The third-order valence-corrected chi connectivity index (χ3v) is 5.75. The van der Waals surface area contributed by atoms with Crippen molar-refractivity contribution in [3.8, 4) is 0 Å². The maximum atomic E-state index is 2.44. The van der Waals surface area contributed by atoms with Gasteiger partial charge in [-0.05, 0) is 61.7 Å². The highest BCUT2D eigenvalue weighted by molar-refractivity contribution is 5.78. The van der Waals surface area contributed by atoms with Gasteiger partial charge < -0.3 is 9.80 Å². The maximum absolute atomic E-state index is 2.44. The molecule has 0 radical (unpaired) electrons. The van der Waals surface area contributed by atoms with Crippen molar-refractivity contribution in [2.75, 3.05) is 29.4 Å². The van der Waals surface area contributed by atoms with E-state index in [1.54, 1.807) is 0 Å². The Balaban J connectivity index is 1.84. The average molecular weight is 357 g/mol. The maximum Gasteiger partial charge on any atom is 0.0452 e. The zero-order chi connectivity index (χ0) is 18.8. The Morgan fingerprint density at radius 2 is 1.22 bits per heavy atom. The van der Waals surface area contributed by atoms with Crippen molar-refractivity contribution in [3.63, 3.8) is 0 Å². The highest BCUT2D eigenvalue weighted by Crippen LogP contribution is 2.48. The number of rotatable bonds is 5. The van der Waals surface area contributed by atoms with E-state index >= 15 is 0 Å². The second kappa shape index (κ2) is 7.48. The van der Waals surface area contributed by atoms with Gasteiger partial charge in [-0.2, -0.15) is 0 Å². The fourth-order valence-electron chi connectivity index (χ4n) is 4.42. The molecule has 2 heteroatoms. The van der Waals surface area contributed by atoms with Crippen LogP contribution >= 0.6 is 0 Å². The number of para-hydroxylation sites is 2. The molecule has 1 aliphatic heterocycles. The Labute approximate surface area is 163 Å². The number of benzene rings is 3. The number of hydrogen-bond acceptors (Lipinski definition) is 2. The van der Waals surface area contributed by atoms with Gasteiger partial charge in [0.05, 0.1) is 0 Å². The van der Waals surface area contributed by atoms with Crippen LogP contribution in [-0.4, -0.2) is 19.6 Å². The highest BCUT2D eigenvalue weighted by Gasteiger charge is 2.30. The van der Waals surface area contributed by atoms with Crippen molar-refractivity contribution >= 4 is 17.1 Å². The lowest BCUT2D eigenvalue weighted by Gasteiger charge is -2.37. The first kappa shape index (κ1) is 17.7. The molecule has 0 fully saturated rings. The van der Waals surface area contributed by atoms with Crippen LogP contribution in [0.3, 0.4) is 0 Å². The lowest BCUT2D eigenvalue weighted by Crippen LogP contribution is -2.25. The molecule has 0 aromatic heterocycles. The molecule has 1 aliphatic rings. The highest BCUT2D eigenvalue weighted by atomic mass is 15.1. The molecule has 1 heterocycles. The van der Waals surface area contributed by atoms with Crippen LogP contribution < -0.4 is 9.80 Å². The van der Waals surface area contributed by atoms with Crippen molar-refractivity contribution in [3.05, 3.63) is 89.5 Å². The minimum Gasteiger partial charge on any atom is -0.372 e. The van der Waals surface area contributed by atoms with Crippen molar-refractivity contribution in [1.29, 1.82) is 0 Å². The lowest BCUT2D eigenvalue weighted by molar-refractivity contribution is 0.862. The summed E-state index contributed by atoms with van der Waals surface area (Å²) in [6.07, 6.45) is 0. The summed E-state index contributed by atoms with van der Waals surface area (Å²) < 4.78 is 0. The van der Waals surface area contributed by atoms with E-state index in [2.05, 4.69) is 103 Å². The van der Waals surface area contributed by atoms with Gasteiger partial charge in [0.25, 0.3) is 0 Å². The molecule has 3 aromatic carbocycles. The molecule has 0 saturated heterocycles.